The summed E-state index contributed by atoms with van der Waals surface area (Å²) in [6.45, 7) is 0. The van der Waals surface area contributed by atoms with Gasteiger partial charge in [0.1, 0.15) is 0 Å². The van der Waals surface area contributed by atoms with Crippen molar-refractivity contribution >= 4 is 22.9 Å². The molecule has 2 fully saturated rings. The van der Waals surface area contributed by atoms with Gasteiger partial charge in [0.25, 0.3) is 5.24 Å². The Labute approximate surface area is 87.2 Å². The van der Waals surface area contributed by atoms with E-state index in [4.69, 9.17) is 5.73 Å². The summed E-state index contributed by atoms with van der Waals surface area (Å²) in [5, 5.41) is -0.114. The Morgan fingerprint density at radius 2 is 2.00 bits per heavy atom. The smallest absolute Gasteiger partial charge is 0.289 e. The maximum atomic E-state index is 11.5. The highest BCUT2D eigenvalue weighted by Crippen LogP contribution is 2.28. The molecule has 1 saturated carbocycles. The summed E-state index contributed by atoms with van der Waals surface area (Å²) in [6.07, 6.45) is 3.98. The summed E-state index contributed by atoms with van der Waals surface area (Å²) in [6, 6.07) is -0.0610. The van der Waals surface area contributed by atoms with Crippen molar-refractivity contribution in [1.82, 2.24) is 4.90 Å². The number of carbonyl (C=O) groups is 2. The van der Waals surface area contributed by atoms with E-state index in [0.717, 1.165) is 37.4 Å². The van der Waals surface area contributed by atoms with E-state index >= 15 is 0 Å². The normalized spacial score (nSPS) is 33.9. The van der Waals surface area contributed by atoms with Crippen molar-refractivity contribution in [2.75, 3.05) is 5.75 Å². The first-order valence-electron chi connectivity index (χ1n) is 4.94. The van der Waals surface area contributed by atoms with Crippen LogP contribution in [0.3, 0.4) is 0 Å². The first kappa shape index (κ1) is 9.98. The Hall–Kier alpha value is -0.550. The number of imide groups is 1. The summed E-state index contributed by atoms with van der Waals surface area (Å²) in [5.41, 5.74) is 5.93. The zero-order valence-electron chi connectivity index (χ0n) is 7.94. The maximum absolute atomic E-state index is 11.5. The van der Waals surface area contributed by atoms with E-state index in [1.54, 1.807) is 0 Å². The van der Waals surface area contributed by atoms with Crippen molar-refractivity contribution in [3.8, 4) is 0 Å². The molecular formula is C9H14N2O2S. The zero-order chi connectivity index (χ0) is 10.1. The summed E-state index contributed by atoms with van der Waals surface area (Å²) in [4.78, 5) is 24.3. The van der Waals surface area contributed by atoms with E-state index in [9.17, 15) is 9.59 Å². The number of hydrogen-bond donors (Lipinski definition) is 1. The number of rotatable bonds is 1. The number of thioether (sulfide) groups is 1. The lowest BCUT2D eigenvalue weighted by molar-refractivity contribution is -0.126. The molecule has 0 spiro atoms. The Morgan fingerprint density at radius 3 is 2.57 bits per heavy atom. The molecule has 4 nitrogen and oxygen atoms in total. The molecule has 0 aromatic heterocycles. The lowest BCUT2D eigenvalue weighted by Crippen LogP contribution is -2.51. The fourth-order valence-electron chi connectivity index (χ4n) is 2.15. The molecule has 0 unspecified atom stereocenters. The highest BCUT2D eigenvalue weighted by molar-refractivity contribution is 8.14. The van der Waals surface area contributed by atoms with E-state index in [1.165, 1.54) is 4.90 Å². The van der Waals surface area contributed by atoms with Gasteiger partial charge in [0.05, 0.1) is 11.8 Å². The molecular weight excluding hydrogens is 200 g/mol. The summed E-state index contributed by atoms with van der Waals surface area (Å²) < 4.78 is 0. The van der Waals surface area contributed by atoms with Crippen LogP contribution in [-0.2, 0) is 4.79 Å². The third kappa shape index (κ3) is 1.66. The fraction of sp³-hybridized carbons (Fsp3) is 0.778. The Kier molecular flexibility index (Phi) is 2.78. The van der Waals surface area contributed by atoms with E-state index in [0.29, 0.717) is 5.75 Å². The lowest BCUT2D eigenvalue weighted by atomic mass is 9.90. The van der Waals surface area contributed by atoms with Crippen molar-refractivity contribution < 1.29 is 9.59 Å². The fourth-order valence-corrected chi connectivity index (χ4v) is 2.91. The summed E-state index contributed by atoms with van der Waals surface area (Å²) in [7, 11) is 0. The van der Waals surface area contributed by atoms with Gasteiger partial charge in [-0.25, -0.2) is 0 Å². The van der Waals surface area contributed by atoms with E-state index in [-0.39, 0.29) is 23.2 Å². The highest BCUT2D eigenvalue weighted by Gasteiger charge is 2.39. The molecule has 2 amide bonds. The van der Waals surface area contributed by atoms with Gasteiger partial charge in [-0.2, -0.15) is 0 Å². The standard InChI is InChI=1S/C9H14N2O2S/c10-6-3-1-2-4-7(6)11-8(12)5-14-9(11)13/h6-7H,1-5,10H2/t6-,7+/m0/s1. The van der Waals surface area contributed by atoms with Crippen LogP contribution in [0.2, 0.25) is 0 Å². The molecule has 1 aliphatic heterocycles. The van der Waals surface area contributed by atoms with Crippen LogP contribution >= 0.6 is 11.8 Å². The molecule has 0 radical (unpaired) electrons. The molecule has 1 heterocycles. The van der Waals surface area contributed by atoms with Crippen LogP contribution in [0.15, 0.2) is 0 Å². The number of nitrogens with zero attached hydrogens (tertiary/aromatic N) is 1. The maximum Gasteiger partial charge on any atom is 0.289 e. The minimum absolute atomic E-state index is 0.0182. The highest BCUT2D eigenvalue weighted by atomic mass is 32.2. The van der Waals surface area contributed by atoms with Gasteiger partial charge < -0.3 is 5.73 Å². The predicted octanol–water partition coefficient (Wildman–Crippen LogP) is 0.952. The van der Waals surface area contributed by atoms with Crippen molar-refractivity contribution in [2.45, 2.75) is 37.8 Å². The third-order valence-electron chi connectivity index (χ3n) is 2.90. The lowest BCUT2D eigenvalue weighted by Gasteiger charge is -2.34. The molecule has 78 valence electrons. The van der Waals surface area contributed by atoms with Gasteiger partial charge in [0.15, 0.2) is 0 Å². The molecule has 14 heavy (non-hydrogen) atoms. The first-order chi connectivity index (χ1) is 6.70. The van der Waals surface area contributed by atoms with Crippen LogP contribution in [0.4, 0.5) is 4.79 Å². The van der Waals surface area contributed by atoms with E-state index < -0.39 is 0 Å². The van der Waals surface area contributed by atoms with Crippen LogP contribution in [0.1, 0.15) is 25.7 Å². The molecule has 2 N–H and O–H groups in total. The van der Waals surface area contributed by atoms with Gasteiger partial charge in [-0.05, 0) is 12.8 Å². The number of hydrogen-bond acceptors (Lipinski definition) is 4. The number of nitrogens with two attached hydrogens (primary N) is 1. The van der Waals surface area contributed by atoms with Crippen molar-refractivity contribution in [2.24, 2.45) is 5.73 Å². The molecule has 0 bridgehead atoms. The topological polar surface area (TPSA) is 63.4 Å². The molecule has 2 rings (SSSR count). The molecule has 0 aromatic carbocycles. The SMILES string of the molecule is N[C@H]1CCCC[C@H]1N1C(=O)CSC1=O. The molecule has 1 saturated heterocycles. The second-order valence-electron chi connectivity index (χ2n) is 3.83. The minimum Gasteiger partial charge on any atom is -0.326 e. The molecule has 2 aliphatic rings. The Bertz CT molecular complexity index is 254. The van der Waals surface area contributed by atoms with Gasteiger partial charge >= 0.3 is 0 Å². The predicted molar refractivity (Wildman–Crippen MR) is 54.9 cm³/mol. The molecule has 0 aromatic rings. The average molecular weight is 214 g/mol. The number of carbonyl (C=O) groups excluding carboxylic acids is 2. The van der Waals surface area contributed by atoms with Crippen LogP contribution in [0.5, 0.6) is 0 Å². The van der Waals surface area contributed by atoms with Gasteiger partial charge in [0.2, 0.25) is 5.91 Å². The zero-order valence-corrected chi connectivity index (χ0v) is 8.76. The average Bonchev–Trinajstić information content (AvgIpc) is 2.48. The van der Waals surface area contributed by atoms with E-state index in [2.05, 4.69) is 0 Å². The van der Waals surface area contributed by atoms with Crippen LogP contribution in [0, 0.1) is 0 Å². The van der Waals surface area contributed by atoms with E-state index in [1.807, 2.05) is 0 Å². The monoisotopic (exact) mass is 214 g/mol. The first-order valence-corrected chi connectivity index (χ1v) is 5.93. The Balaban J connectivity index is 2.12. The Morgan fingerprint density at radius 1 is 1.29 bits per heavy atom. The van der Waals surface area contributed by atoms with Crippen LogP contribution < -0.4 is 5.73 Å². The van der Waals surface area contributed by atoms with Crippen molar-refractivity contribution in [3.63, 3.8) is 0 Å². The molecule has 2 atom stereocenters. The summed E-state index contributed by atoms with van der Waals surface area (Å²) in [5.74, 6) is 0.226. The van der Waals surface area contributed by atoms with Crippen LogP contribution in [-0.4, -0.2) is 33.9 Å². The van der Waals surface area contributed by atoms with Crippen molar-refractivity contribution in [1.29, 1.82) is 0 Å². The van der Waals surface area contributed by atoms with Crippen LogP contribution in [0.25, 0.3) is 0 Å². The van der Waals surface area contributed by atoms with Gasteiger partial charge in [-0.15, -0.1) is 0 Å². The molecule has 5 heteroatoms. The number of amides is 2. The minimum atomic E-state index is -0.114. The molecule has 1 aliphatic carbocycles. The second kappa shape index (κ2) is 3.90. The third-order valence-corrected chi connectivity index (χ3v) is 3.73. The van der Waals surface area contributed by atoms with Crippen molar-refractivity contribution in [3.05, 3.63) is 0 Å². The largest absolute Gasteiger partial charge is 0.326 e. The quantitative estimate of drug-likeness (QED) is 0.706. The summed E-state index contributed by atoms with van der Waals surface area (Å²) >= 11 is 1.09. The van der Waals surface area contributed by atoms with Gasteiger partial charge in [0, 0.05) is 6.04 Å². The van der Waals surface area contributed by atoms with Gasteiger partial charge in [-0.1, -0.05) is 24.6 Å². The van der Waals surface area contributed by atoms with Gasteiger partial charge in [-0.3, -0.25) is 14.5 Å². The second-order valence-corrected chi connectivity index (χ2v) is 4.76.